The van der Waals surface area contributed by atoms with E-state index in [-0.39, 0.29) is 5.75 Å². The van der Waals surface area contributed by atoms with Crippen LogP contribution in [0.1, 0.15) is 24.9 Å². The van der Waals surface area contributed by atoms with Crippen LogP contribution in [0.25, 0.3) is 0 Å². The standard InChI is InChI=1S/C15H24N2O4/c1-4-21-13-10-11(6-7-12(13)18)14(15(19)20)16-8-5-9-17(2)3/h6-7,10,14,16,18H,4-5,8-9H2,1-3H3,(H,19,20). The number of nitrogens with zero attached hydrogens (tertiary/aromatic N) is 1. The maximum atomic E-state index is 11.4. The maximum Gasteiger partial charge on any atom is 0.325 e. The lowest BCUT2D eigenvalue weighted by Crippen LogP contribution is -2.30. The van der Waals surface area contributed by atoms with E-state index in [2.05, 4.69) is 5.32 Å². The van der Waals surface area contributed by atoms with Crippen LogP contribution in [0.15, 0.2) is 18.2 Å². The number of nitrogens with one attached hydrogen (secondary N) is 1. The predicted octanol–water partition coefficient (Wildman–Crippen LogP) is 1.46. The van der Waals surface area contributed by atoms with Gasteiger partial charge in [-0.3, -0.25) is 4.79 Å². The molecular formula is C15H24N2O4. The molecule has 0 aromatic heterocycles. The molecule has 6 heteroatoms. The molecule has 0 aliphatic heterocycles. The van der Waals surface area contributed by atoms with Crippen LogP contribution in [0, 0.1) is 0 Å². The molecule has 1 atom stereocenters. The van der Waals surface area contributed by atoms with Crippen LogP contribution in [0.4, 0.5) is 0 Å². The summed E-state index contributed by atoms with van der Waals surface area (Å²) in [6.45, 7) is 3.70. The molecule has 0 fully saturated rings. The Labute approximate surface area is 125 Å². The van der Waals surface area contributed by atoms with Crippen molar-refractivity contribution in [3.05, 3.63) is 23.8 Å². The first-order valence-electron chi connectivity index (χ1n) is 7.02. The maximum absolute atomic E-state index is 11.4. The van der Waals surface area contributed by atoms with Crippen LogP contribution in [0.2, 0.25) is 0 Å². The average molecular weight is 296 g/mol. The van der Waals surface area contributed by atoms with Crippen LogP contribution < -0.4 is 10.1 Å². The van der Waals surface area contributed by atoms with Gasteiger partial charge in [0.1, 0.15) is 6.04 Å². The Morgan fingerprint density at radius 3 is 2.71 bits per heavy atom. The molecule has 3 N–H and O–H groups in total. The minimum Gasteiger partial charge on any atom is -0.504 e. The Bertz CT molecular complexity index is 463. The summed E-state index contributed by atoms with van der Waals surface area (Å²) in [4.78, 5) is 13.5. The zero-order chi connectivity index (χ0) is 15.8. The highest BCUT2D eigenvalue weighted by Crippen LogP contribution is 2.29. The normalized spacial score (nSPS) is 12.4. The van der Waals surface area contributed by atoms with E-state index in [4.69, 9.17) is 4.74 Å². The zero-order valence-electron chi connectivity index (χ0n) is 12.8. The van der Waals surface area contributed by atoms with Gasteiger partial charge in [-0.2, -0.15) is 0 Å². The van der Waals surface area contributed by atoms with E-state index in [1.165, 1.54) is 6.07 Å². The van der Waals surface area contributed by atoms with Crippen LogP contribution in [-0.2, 0) is 4.79 Å². The molecule has 118 valence electrons. The molecule has 1 aromatic carbocycles. The molecular weight excluding hydrogens is 272 g/mol. The Hall–Kier alpha value is -1.79. The first-order chi connectivity index (χ1) is 9.95. The molecule has 0 aliphatic carbocycles. The van der Waals surface area contributed by atoms with E-state index in [1.54, 1.807) is 19.1 Å². The number of carbonyl (C=O) groups is 1. The molecule has 0 amide bonds. The Morgan fingerprint density at radius 2 is 2.14 bits per heavy atom. The van der Waals surface area contributed by atoms with E-state index in [9.17, 15) is 15.0 Å². The second kappa shape index (κ2) is 8.49. The summed E-state index contributed by atoms with van der Waals surface area (Å²) >= 11 is 0. The van der Waals surface area contributed by atoms with Crippen molar-refractivity contribution in [3.63, 3.8) is 0 Å². The molecule has 1 rings (SSSR count). The molecule has 0 bridgehead atoms. The largest absolute Gasteiger partial charge is 0.504 e. The highest BCUT2D eigenvalue weighted by Gasteiger charge is 2.20. The molecule has 1 aromatic rings. The number of hydrogen-bond acceptors (Lipinski definition) is 5. The Balaban J connectivity index is 2.76. The number of phenols is 1. The van der Waals surface area contributed by atoms with Crippen LogP contribution in [0.5, 0.6) is 11.5 Å². The van der Waals surface area contributed by atoms with E-state index >= 15 is 0 Å². The van der Waals surface area contributed by atoms with Gasteiger partial charge in [-0.25, -0.2) is 0 Å². The predicted molar refractivity (Wildman–Crippen MR) is 80.8 cm³/mol. The summed E-state index contributed by atoms with van der Waals surface area (Å²) in [7, 11) is 3.95. The highest BCUT2D eigenvalue weighted by atomic mass is 16.5. The lowest BCUT2D eigenvalue weighted by Gasteiger charge is -2.17. The van der Waals surface area contributed by atoms with Gasteiger partial charge in [-0.05, 0) is 58.2 Å². The number of rotatable bonds is 9. The fraction of sp³-hybridized carbons (Fsp3) is 0.533. The topological polar surface area (TPSA) is 82.0 Å². The summed E-state index contributed by atoms with van der Waals surface area (Å²) in [6.07, 6.45) is 0.854. The summed E-state index contributed by atoms with van der Waals surface area (Å²) in [5.41, 5.74) is 0.564. The Morgan fingerprint density at radius 1 is 1.43 bits per heavy atom. The second-order valence-electron chi connectivity index (χ2n) is 5.04. The SMILES string of the molecule is CCOc1cc(C(NCCCN(C)C)C(=O)O)ccc1O. The van der Waals surface area contributed by atoms with Crippen molar-refractivity contribution in [2.45, 2.75) is 19.4 Å². The van der Waals surface area contributed by atoms with Gasteiger partial charge in [-0.1, -0.05) is 6.07 Å². The molecule has 0 saturated heterocycles. The van der Waals surface area contributed by atoms with Gasteiger partial charge in [-0.15, -0.1) is 0 Å². The van der Waals surface area contributed by atoms with E-state index in [0.29, 0.717) is 24.5 Å². The zero-order valence-corrected chi connectivity index (χ0v) is 12.8. The first kappa shape index (κ1) is 17.3. The molecule has 1 unspecified atom stereocenters. The Kier molecular flexibility index (Phi) is 6.98. The van der Waals surface area contributed by atoms with Crippen LogP contribution >= 0.6 is 0 Å². The van der Waals surface area contributed by atoms with Crippen molar-refractivity contribution < 1.29 is 19.7 Å². The summed E-state index contributed by atoms with van der Waals surface area (Å²) in [5, 5.41) is 22.0. The number of phenolic OH excluding ortho intramolecular Hbond substituents is 1. The van der Waals surface area contributed by atoms with Gasteiger partial charge >= 0.3 is 5.97 Å². The molecule has 0 radical (unpaired) electrons. The van der Waals surface area contributed by atoms with Gasteiger partial charge in [0, 0.05) is 0 Å². The van der Waals surface area contributed by atoms with Crippen molar-refractivity contribution >= 4 is 5.97 Å². The van der Waals surface area contributed by atoms with Crippen LogP contribution in [-0.4, -0.2) is 54.9 Å². The van der Waals surface area contributed by atoms with Crippen molar-refractivity contribution in [3.8, 4) is 11.5 Å². The van der Waals surface area contributed by atoms with Crippen molar-refractivity contribution in [1.29, 1.82) is 0 Å². The number of aliphatic carboxylic acids is 1. The quantitative estimate of drug-likeness (QED) is 0.599. The first-order valence-corrected chi connectivity index (χ1v) is 7.02. The number of hydrogen-bond donors (Lipinski definition) is 3. The fourth-order valence-electron chi connectivity index (χ4n) is 1.97. The highest BCUT2D eigenvalue weighted by molar-refractivity contribution is 5.76. The fourth-order valence-corrected chi connectivity index (χ4v) is 1.97. The van der Waals surface area contributed by atoms with E-state index < -0.39 is 12.0 Å². The molecule has 0 spiro atoms. The molecule has 0 aliphatic rings. The lowest BCUT2D eigenvalue weighted by molar-refractivity contribution is -0.139. The van der Waals surface area contributed by atoms with Gasteiger partial charge < -0.3 is 25.2 Å². The summed E-state index contributed by atoms with van der Waals surface area (Å²) in [6, 6.07) is 3.80. The van der Waals surface area contributed by atoms with Gasteiger partial charge in [0.05, 0.1) is 6.61 Å². The third-order valence-electron chi connectivity index (χ3n) is 2.99. The number of carboxylic acids is 1. The van der Waals surface area contributed by atoms with Crippen molar-refractivity contribution in [1.82, 2.24) is 10.2 Å². The lowest BCUT2D eigenvalue weighted by atomic mass is 10.1. The monoisotopic (exact) mass is 296 g/mol. The van der Waals surface area contributed by atoms with E-state index in [0.717, 1.165) is 13.0 Å². The average Bonchev–Trinajstić information content (AvgIpc) is 2.41. The third-order valence-corrected chi connectivity index (χ3v) is 2.99. The number of carboxylic acid groups (broad SMARTS) is 1. The molecule has 0 heterocycles. The molecule has 6 nitrogen and oxygen atoms in total. The summed E-state index contributed by atoms with van der Waals surface area (Å²) < 4.78 is 5.29. The van der Waals surface area contributed by atoms with Gasteiger partial charge in [0.15, 0.2) is 11.5 Å². The third kappa shape index (κ3) is 5.61. The van der Waals surface area contributed by atoms with Crippen LogP contribution in [0.3, 0.4) is 0 Å². The second-order valence-corrected chi connectivity index (χ2v) is 5.04. The molecule has 0 saturated carbocycles. The minimum atomic E-state index is -0.951. The number of ether oxygens (including phenoxy) is 1. The van der Waals surface area contributed by atoms with E-state index in [1.807, 2.05) is 19.0 Å². The summed E-state index contributed by atoms with van der Waals surface area (Å²) in [5.74, 6) is -0.637. The number of benzene rings is 1. The van der Waals surface area contributed by atoms with Crippen molar-refractivity contribution in [2.75, 3.05) is 33.8 Å². The van der Waals surface area contributed by atoms with Crippen molar-refractivity contribution in [2.24, 2.45) is 0 Å². The minimum absolute atomic E-state index is 0.0114. The number of aromatic hydroxyl groups is 1. The van der Waals surface area contributed by atoms with Gasteiger partial charge in [0.2, 0.25) is 0 Å². The smallest absolute Gasteiger partial charge is 0.325 e. The molecule has 21 heavy (non-hydrogen) atoms. The van der Waals surface area contributed by atoms with Gasteiger partial charge in [0.25, 0.3) is 0 Å².